The van der Waals surface area contributed by atoms with Crippen molar-refractivity contribution in [1.29, 1.82) is 0 Å². The molecule has 28 heavy (non-hydrogen) atoms. The summed E-state index contributed by atoms with van der Waals surface area (Å²) in [6.45, 7) is 4.34. The van der Waals surface area contributed by atoms with Crippen LogP contribution in [0.3, 0.4) is 0 Å². The van der Waals surface area contributed by atoms with E-state index in [2.05, 4.69) is 31.6 Å². The minimum Gasteiger partial charge on any atom is -0.465 e. The lowest BCUT2D eigenvalue weighted by atomic mass is 9.92. The molecule has 0 bridgehead atoms. The van der Waals surface area contributed by atoms with Crippen molar-refractivity contribution in [3.05, 3.63) is 36.0 Å². The predicted octanol–water partition coefficient (Wildman–Crippen LogP) is 3.27. The number of aryl methyl sites for hydroxylation is 1. The third-order valence-corrected chi connectivity index (χ3v) is 5.56. The second kappa shape index (κ2) is 8.63. The Bertz CT molecular complexity index is 794. The van der Waals surface area contributed by atoms with Crippen LogP contribution < -0.4 is 15.5 Å². The summed E-state index contributed by atoms with van der Waals surface area (Å²) in [6, 6.07) is 6.47. The van der Waals surface area contributed by atoms with Gasteiger partial charge in [-0.1, -0.05) is 0 Å². The van der Waals surface area contributed by atoms with Gasteiger partial charge in [0.25, 0.3) is 0 Å². The first-order chi connectivity index (χ1) is 13.7. The van der Waals surface area contributed by atoms with Crippen molar-refractivity contribution in [2.45, 2.75) is 58.0 Å². The van der Waals surface area contributed by atoms with Gasteiger partial charge in [-0.15, -0.1) is 0 Å². The van der Waals surface area contributed by atoms with Crippen LogP contribution in [-0.4, -0.2) is 35.0 Å². The zero-order chi connectivity index (χ0) is 19.3. The van der Waals surface area contributed by atoms with Crippen molar-refractivity contribution in [3.8, 4) is 0 Å². The SMILES string of the molecule is Cc1ccc(CNC(=O)CCC2CCN(c3cc(NC4CC4)ncn3)CC2)o1. The molecule has 1 aliphatic carbocycles. The van der Waals surface area contributed by atoms with Crippen molar-refractivity contribution in [3.63, 3.8) is 0 Å². The summed E-state index contributed by atoms with van der Waals surface area (Å²) < 4.78 is 5.48. The number of piperidine rings is 1. The predicted molar refractivity (Wildman–Crippen MR) is 108 cm³/mol. The summed E-state index contributed by atoms with van der Waals surface area (Å²) >= 11 is 0. The minimum absolute atomic E-state index is 0.100. The summed E-state index contributed by atoms with van der Waals surface area (Å²) in [5, 5.41) is 6.38. The fraction of sp³-hybridized carbons (Fsp3) is 0.571. The molecule has 0 unspecified atom stereocenters. The molecule has 2 fully saturated rings. The van der Waals surface area contributed by atoms with Crippen LogP contribution in [-0.2, 0) is 11.3 Å². The van der Waals surface area contributed by atoms with Gasteiger partial charge < -0.3 is 20.0 Å². The van der Waals surface area contributed by atoms with Crippen molar-refractivity contribution < 1.29 is 9.21 Å². The number of hydrogen-bond donors (Lipinski definition) is 2. The Morgan fingerprint density at radius 1 is 1.21 bits per heavy atom. The van der Waals surface area contributed by atoms with E-state index in [1.807, 2.05) is 19.1 Å². The second-order valence-electron chi connectivity index (χ2n) is 7.94. The van der Waals surface area contributed by atoms with Gasteiger partial charge >= 0.3 is 0 Å². The van der Waals surface area contributed by atoms with Crippen molar-refractivity contribution in [1.82, 2.24) is 15.3 Å². The van der Waals surface area contributed by atoms with E-state index in [1.54, 1.807) is 6.33 Å². The van der Waals surface area contributed by atoms with Gasteiger partial charge in [0.05, 0.1) is 6.54 Å². The Morgan fingerprint density at radius 2 is 2.04 bits per heavy atom. The Balaban J connectivity index is 1.17. The highest BCUT2D eigenvalue weighted by Gasteiger charge is 2.23. The van der Waals surface area contributed by atoms with Crippen LogP contribution in [0.1, 0.15) is 50.0 Å². The van der Waals surface area contributed by atoms with Gasteiger partial charge in [0.15, 0.2) is 0 Å². The molecule has 4 rings (SSSR count). The van der Waals surface area contributed by atoms with Crippen LogP contribution in [0.15, 0.2) is 28.9 Å². The molecule has 1 saturated carbocycles. The topological polar surface area (TPSA) is 83.3 Å². The lowest BCUT2D eigenvalue weighted by Crippen LogP contribution is -2.34. The van der Waals surface area contributed by atoms with Crippen LogP contribution in [0.5, 0.6) is 0 Å². The molecular weight excluding hydrogens is 354 g/mol. The maximum Gasteiger partial charge on any atom is 0.220 e. The molecule has 0 aromatic carbocycles. The molecule has 0 atom stereocenters. The van der Waals surface area contributed by atoms with E-state index in [0.717, 1.165) is 55.5 Å². The highest BCUT2D eigenvalue weighted by molar-refractivity contribution is 5.75. The third kappa shape index (κ3) is 5.24. The van der Waals surface area contributed by atoms with Crippen molar-refractivity contribution >= 4 is 17.5 Å². The number of hydrogen-bond acceptors (Lipinski definition) is 6. The summed E-state index contributed by atoms with van der Waals surface area (Å²) in [4.78, 5) is 23.2. The van der Waals surface area contributed by atoms with Gasteiger partial charge in [0.1, 0.15) is 29.5 Å². The fourth-order valence-corrected chi connectivity index (χ4v) is 3.68. The lowest BCUT2D eigenvalue weighted by molar-refractivity contribution is -0.121. The van der Waals surface area contributed by atoms with Crippen LogP contribution in [0, 0.1) is 12.8 Å². The highest BCUT2D eigenvalue weighted by atomic mass is 16.3. The van der Waals surface area contributed by atoms with Crippen molar-refractivity contribution in [2.24, 2.45) is 5.92 Å². The lowest BCUT2D eigenvalue weighted by Gasteiger charge is -2.32. The summed E-state index contributed by atoms with van der Waals surface area (Å²) in [7, 11) is 0. The average Bonchev–Trinajstić information content (AvgIpc) is 3.43. The van der Waals surface area contributed by atoms with Gasteiger partial charge in [-0.25, -0.2) is 9.97 Å². The van der Waals surface area contributed by atoms with Crippen LogP contribution in [0.25, 0.3) is 0 Å². The second-order valence-corrected chi connectivity index (χ2v) is 7.94. The number of furan rings is 1. The van der Waals surface area contributed by atoms with E-state index in [9.17, 15) is 4.79 Å². The van der Waals surface area contributed by atoms with E-state index < -0.39 is 0 Å². The Labute approximate surface area is 165 Å². The quantitative estimate of drug-likeness (QED) is 0.728. The first-order valence-electron chi connectivity index (χ1n) is 10.3. The standard InChI is InChI=1S/C21H29N5O2/c1-15-2-6-18(28-15)13-22-21(27)7-3-16-8-10-26(11-9-16)20-12-19(23-14-24-20)25-17-4-5-17/h2,6,12,14,16-17H,3-5,7-11,13H2,1H3,(H,22,27)(H,23,24,25). The van der Waals surface area contributed by atoms with E-state index in [0.29, 0.717) is 24.9 Å². The molecule has 7 nitrogen and oxygen atoms in total. The number of anilines is 2. The van der Waals surface area contributed by atoms with Gasteiger partial charge in [-0.2, -0.15) is 0 Å². The van der Waals surface area contributed by atoms with Gasteiger partial charge in [0.2, 0.25) is 5.91 Å². The van der Waals surface area contributed by atoms with Crippen LogP contribution in [0.4, 0.5) is 11.6 Å². The number of rotatable bonds is 8. The number of carbonyl (C=O) groups is 1. The van der Waals surface area contributed by atoms with E-state index >= 15 is 0 Å². The monoisotopic (exact) mass is 383 g/mol. The van der Waals surface area contributed by atoms with Crippen molar-refractivity contribution in [2.75, 3.05) is 23.3 Å². The molecule has 1 aliphatic heterocycles. The smallest absolute Gasteiger partial charge is 0.220 e. The van der Waals surface area contributed by atoms with Gasteiger partial charge in [-0.3, -0.25) is 4.79 Å². The number of aromatic nitrogens is 2. The molecule has 2 N–H and O–H groups in total. The number of nitrogens with one attached hydrogen (secondary N) is 2. The normalized spacial score (nSPS) is 17.5. The molecule has 0 radical (unpaired) electrons. The molecule has 3 heterocycles. The molecule has 1 saturated heterocycles. The number of nitrogens with zero attached hydrogens (tertiary/aromatic N) is 3. The highest BCUT2D eigenvalue weighted by Crippen LogP contribution is 2.28. The third-order valence-electron chi connectivity index (χ3n) is 5.56. The first-order valence-corrected chi connectivity index (χ1v) is 10.3. The Kier molecular flexibility index (Phi) is 5.78. The molecule has 2 aliphatic rings. The molecule has 7 heteroatoms. The zero-order valence-electron chi connectivity index (χ0n) is 16.5. The average molecular weight is 383 g/mol. The first kappa shape index (κ1) is 18.8. The van der Waals surface area contributed by atoms with Gasteiger partial charge in [-0.05, 0) is 57.1 Å². The fourth-order valence-electron chi connectivity index (χ4n) is 3.68. The maximum atomic E-state index is 12.1. The number of amides is 1. The van der Waals surface area contributed by atoms with E-state index in [4.69, 9.17) is 4.42 Å². The summed E-state index contributed by atoms with van der Waals surface area (Å²) in [5.41, 5.74) is 0. The molecule has 2 aromatic rings. The van der Waals surface area contributed by atoms with E-state index in [1.165, 1.54) is 12.8 Å². The van der Waals surface area contributed by atoms with Crippen LogP contribution in [0.2, 0.25) is 0 Å². The Hall–Kier alpha value is -2.57. The molecule has 2 aromatic heterocycles. The van der Waals surface area contributed by atoms with Gasteiger partial charge in [0, 0.05) is 31.6 Å². The molecule has 1 amide bonds. The van der Waals surface area contributed by atoms with Crippen LogP contribution >= 0.6 is 0 Å². The summed E-state index contributed by atoms with van der Waals surface area (Å²) in [6.07, 6.45) is 7.83. The van der Waals surface area contributed by atoms with E-state index in [-0.39, 0.29) is 5.91 Å². The number of carbonyl (C=O) groups excluding carboxylic acids is 1. The maximum absolute atomic E-state index is 12.1. The molecular formula is C21H29N5O2. The minimum atomic E-state index is 0.100. The molecule has 0 spiro atoms. The Morgan fingerprint density at radius 3 is 2.75 bits per heavy atom. The zero-order valence-corrected chi connectivity index (χ0v) is 16.5. The summed E-state index contributed by atoms with van der Waals surface area (Å²) in [5.74, 6) is 4.30. The largest absolute Gasteiger partial charge is 0.465 e. The molecule has 150 valence electrons.